The zero-order valence-electron chi connectivity index (χ0n) is 18.4. The predicted octanol–water partition coefficient (Wildman–Crippen LogP) is 4.45. The van der Waals surface area contributed by atoms with Crippen molar-refractivity contribution in [3.8, 4) is 0 Å². The minimum Gasteiger partial charge on any atom is -0.351 e. The summed E-state index contributed by atoms with van der Waals surface area (Å²) in [5.74, 6) is -0.970. The zero-order valence-corrected chi connectivity index (χ0v) is 18.4. The van der Waals surface area contributed by atoms with Crippen LogP contribution in [0.4, 0.5) is 4.39 Å². The Bertz CT molecular complexity index is 1050. The predicted molar refractivity (Wildman–Crippen MR) is 123 cm³/mol. The first-order valence-electron chi connectivity index (χ1n) is 11.3. The number of nitrogens with one attached hydrogen (secondary N) is 1. The molecule has 2 aromatic heterocycles. The van der Waals surface area contributed by atoms with Crippen molar-refractivity contribution in [1.29, 1.82) is 0 Å². The van der Waals surface area contributed by atoms with Gasteiger partial charge in [0.1, 0.15) is 17.6 Å². The fraction of sp³-hybridized carbons (Fsp3) is 0.308. The Morgan fingerprint density at radius 1 is 0.970 bits per heavy atom. The molecule has 0 spiro atoms. The summed E-state index contributed by atoms with van der Waals surface area (Å²) in [6, 6.07) is 13.7. The van der Waals surface area contributed by atoms with Crippen LogP contribution in [0.25, 0.3) is 0 Å². The molecule has 4 rings (SSSR count). The number of halogens is 1. The van der Waals surface area contributed by atoms with Crippen molar-refractivity contribution in [1.82, 2.24) is 20.2 Å². The van der Waals surface area contributed by atoms with Gasteiger partial charge >= 0.3 is 0 Å². The van der Waals surface area contributed by atoms with E-state index in [2.05, 4.69) is 15.3 Å². The number of carbonyl (C=O) groups excluding carboxylic acids is 2. The molecule has 1 aromatic carbocycles. The van der Waals surface area contributed by atoms with Crippen LogP contribution in [0, 0.1) is 5.82 Å². The van der Waals surface area contributed by atoms with Gasteiger partial charge < -0.3 is 10.2 Å². The summed E-state index contributed by atoms with van der Waals surface area (Å²) in [5.41, 5.74) is 1.61. The van der Waals surface area contributed by atoms with Crippen molar-refractivity contribution in [3.05, 3.63) is 95.8 Å². The number of nitrogens with zero attached hydrogens (tertiary/aromatic N) is 3. The highest BCUT2D eigenvalue weighted by atomic mass is 19.1. The van der Waals surface area contributed by atoms with Crippen LogP contribution in [0.1, 0.15) is 59.8 Å². The molecule has 0 radical (unpaired) electrons. The second kappa shape index (κ2) is 10.8. The molecule has 1 N–H and O–H groups in total. The Balaban J connectivity index is 1.71. The summed E-state index contributed by atoms with van der Waals surface area (Å²) < 4.78 is 13.5. The van der Waals surface area contributed by atoms with Crippen LogP contribution in [0.2, 0.25) is 0 Å². The fourth-order valence-electron chi connectivity index (χ4n) is 4.25. The van der Waals surface area contributed by atoms with Crippen molar-refractivity contribution in [2.75, 3.05) is 0 Å². The molecule has 0 unspecified atom stereocenters. The third-order valence-corrected chi connectivity index (χ3v) is 5.94. The number of carbonyl (C=O) groups is 2. The largest absolute Gasteiger partial charge is 0.351 e. The smallest absolute Gasteiger partial charge is 0.273 e. The van der Waals surface area contributed by atoms with Crippen molar-refractivity contribution < 1.29 is 14.0 Å². The van der Waals surface area contributed by atoms with Crippen LogP contribution >= 0.6 is 0 Å². The van der Waals surface area contributed by atoms with Crippen LogP contribution in [-0.2, 0) is 11.3 Å². The summed E-state index contributed by atoms with van der Waals surface area (Å²) in [4.78, 5) is 37.0. The minimum absolute atomic E-state index is 0.0909. The molecule has 1 atom stereocenters. The Kier molecular flexibility index (Phi) is 7.40. The van der Waals surface area contributed by atoms with Crippen LogP contribution < -0.4 is 5.32 Å². The van der Waals surface area contributed by atoms with Crippen LogP contribution in [-0.4, -0.2) is 32.7 Å². The number of pyridine rings is 2. The molecule has 1 aliphatic rings. The quantitative estimate of drug-likeness (QED) is 0.582. The lowest BCUT2D eigenvalue weighted by Crippen LogP contribution is -2.47. The summed E-state index contributed by atoms with van der Waals surface area (Å²) in [5, 5.41) is 3.17. The third kappa shape index (κ3) is 5.80. The van der Waals surface area contributed by atoms with E-state index in [-0.39, 0.29) is 35.9 Å². The molecule has 7 heteroatoms. The molecule has 1 saturated carbocycles. The lowest BCUT2D eigenvalue weighted by Gasteiger charge is -2.33. The van der Waals surface area contributed by atoms with E-state index in [1.807, 2.05) is 0 Å². The van der Waals surface area contributed by atoms with Crippen LogP contribution in [0.3, 0.4) is 0 Å². The Morgan fingerprint density at radius 3 is 2.36 bits per heavy atom. The van der Waals surface area contributed by atoms with Crippen LogP contribution in [0.5, 0.6) is 0 Å². The van der Waals surface area contributed by atoms with E-state index in [4.69, 9.17) is 0 Å². The molecule has 0 aliphatic heterocycles. The average Bonchev–Trinajstić information content (AvgIpc) is 2.86. The molecule has 0 saturated heterocycles. The minimum atomic E-state index is -0.880. The van der Waals surface area contributed by atoms with Crippen molar-refractivity contribution in [2.45, 2.75) is 50.7 Å². The lowest BCUT2D eigenvalue weighted by molar-refractivity contribution is -0.127. The number of hydrogen-bond donors (Lipinski definition) is 1. The lowest BCUT2D eigenvalue weighted by atomic mass is 9.94. The monoisotopic (exact) mass is 446 g/mol. The molecule has 1 fully saturated rings. The maximum atomic E-state index is 13.6. The average molecular weight is 447 g/mol. The molecule has 6 nitrogen and oxygen atoms in total. The highest BCUT2D eigenvalue weighted by Gasteiger charge is 2.34. The maximum Gasteiger partial charge on any atom is 0.273 e. The van der Waals surface area contributed by atoms with Gasteiger partial charge in [-0.15, -0.1) is 0 Å². The van der Waals surface area contributed by atoms with Gasteiger partial charge in [-0.2, -0.15) is 0 Å². The van der Waals surface area contributed by atoms with Crippen molar-refractivity contribution in [2.24, 2.45) is 0 Å². The van der Waals surface area contributed by atoms with Gasteiger partial charge in [-0.25, -0.2) is 4.39 Å². The summed E-state index contributed by atoms with van der Waals surface area (Å²) in [6.07, 6.45) is 9.97. The summed E-state index contributed by atoms with van der Waals surface area (Å²) in [6.45, 7) is 0.126. The topological polar surface area (TPSA) is 75.2 Å². The van der Waals surface area contributed by atoms with E-state index in [0.29, 0.717) is 11.1 Å². The van der Waals surface area contributed by atoms with E-state index in [9.17, 15) is 14.0 Å². The molecule has 2 amide bonds. The van der Waals surface area contributed by atoms with Crippen molar-refractivity contribution in [3.63, 3.8) is 0 Å². The van der Waals surface area contributed by atoms with Gasteiger partial charge in [-0.1, -0.05) is 37.5 Å². The van der Waals surface area contributed by atoms with E-state index >= 15 is 0 Å². The first kappa shape index (κ1) is 22.6. The van der Waals surface area contributed by atoms with Gasteiger partial charge in [-0.3, -0.25) is 19.6 Å². The van der Waals surface area contributed by atoms with Gasteiger partial charge in [0.15, 0.2) is 0 Å². The Morgan fingerprint density at radius 2 is 1.70 bits per heavy atom. The van der Waals surface area contributed by atoms with Gasteiger partial charge in [0.25, 0.3) is 5.91 Å². The number of hydrogen-bond acceptors (Lipinski definition) is 4. The first-order chi connectivity index (χ1) is 16.1. The number of benzene rings is 1. The number of aromatic nitrogens is 2. The second-order valence-corrected chi connectivity index (χ2v) is 8.30. The normalized spacial score (nSPS) is 14.9. The van der Waals surface area contributed by atoms with E-state index in [1.54, 1.807) is 61.1 Å². The van der Waals surface area contributed by atoms with Gasteiger partial charge in [0.2, 0.25) is 5.91 Å². The number of rotatable bonds is 7. The Hall–Kier alpha value is -3.61. The molecule has 33 heavy (non-hydrogen) atoms. The maximum absolute atomic E-state index is 13.6. The number of amides is 2. The highest BCUT2D eigenvalue weighted by molar-refractivity contribution is 5.96. The highest BCUT2D eigenvalue weighted by Crippen LogP contribution is 2.27. The van der Waals surface area contributed by atoms with Gasteiger partial charge in [0, 0.05) is 31.2 Å². The SMILES string of the molecule is O=C(NC1CCCCC1)[C@@H](c1ccncc1)N(Cc1ccc(F)cc1)C(=O)c1ccccn1. The molecule has 1 aliphatic carbocycles. The molecule has 170 valence electrons. The summed E-state index contributed by atoms with van der Waals surface area (Å²) >= 11 is 0. The van der Waals surface area contributed by atoms with Gasteiger partial charge in [0.05, 0.1) is 0 Å². The fourth-order valence-corrected chi connectivity index (χ4v) is 4.25. The van der Waals surface area contributed by atoms with E-state index in [0.717, 1.165) is 25.7 Å². The summed E-state index contributed by atoms with van der Waals surface area (Å²) in [7, 11) is 0. The Labute approximate surface area is 192 Å². The van der Waals surface area contributed by atoms with E-state index in [1.165, 1.54) is 23.5 Å². The molecule has 2 heterocycles. The molecular weight excluding hydrogens is 419 g/mol. The van der Waals surface area contributed by atoms with Crippen LogP contribution in [0.15, 0.2) is 73.2 Å². The van der Waals surface area contributed by atoms with E-state index < -0.39 is 6.04 Å². The molecule has 0 bridgehead atoms. The molecule has 3 aromatic rings. The third-order valence-electron chi connectivity index (χ3n) is 5.94. The molecular formula is C26H27FN4O2. The van der Waals surface area contributed by atoms with Crippen molar-refractivity contribution >= 4 is 11.8 Å². The van der Waals surface area contributed by atoms with Gasteiger partial charge in [-0.05, 0) is 60.4 Å². The zero-order chi connectivity index (χ0) is 23.0. The first-order valence-corrected chi connectivity index (χ1v) is 11.3. The second-order valence-electron chi connectivity index (χ2n) is 8.30. The standard InChI is InChI=1S/C26H27FN4O2/c27-21-11-9-19(10-12-21)18-31(26(33)23-8-4-5-15-29-23)24(20-13-16-28-17-14-20)25(32)30-22-6-2-1-3-7-22/h4-5,8-17,22,24H,1-3,6-7,18H2,(H,30,32)/t24-/m1/s1.